The van der Waals surface area contributed by atoms with Crippen molar-refractivity contribution in [1.82, 2.24) is 0 Å². The first-order valence-corrected chi connectivity index (χ1v) is 4.15. The maximum absolute atomic E-state index is 10.8. The number of aliphatic carboxylic acids is 1. The fraction of sp³-hybridized carbons (Fsp3) is 0.889. The lowest BCUT2D eigenvalue weighted by molar-refractivity contribution is -0.146. The Labute approximate surface area is 67.6 Å². The quantitative estimate of drug-likeness (QED) is 0.665. The Morgan fingerprint density at radius 2 is 1.91 bits per heavy atom. The van der Waals surface area contributed by atoms with E-state index in [1.807, 2.05) is 20.8 Å². The van der Waals surface area contributed by atoms with E-state index in [0.717, 1.165) is 12.8 Å². The zero-order valence-corrected chi connectivity index (χ0v) is 7.42. The third-order valence-corrected chi connectivity index (χ3v) is 2.29. The van der Waals surface area contributed by atoms with Crippen molar-refractivity contribution in [3.8, 4) is 0 Å². The zero-order chi connectivity index (χ0) is 8.65. The van der Waals surface area contributed by atoms with Crippen molar-refractivity contribution in [3.05, 3.63) is 0 Å². The first-order valence-electron chi connectivity index (χ1n) is 4.15. The summed E-state index contributed by atoms with van der Waals surface area (Å²) in [7, 11) is 0. The van der Waals surface area contributed by atoms with E-state index in [1.165, 1.54) is 0 Å². The SMILES string of the molecule is CC(C)(C)C(C(=O)O)C1CC1. The van der Waals surface area contributed by atoms with Gasteiger partial charge in [-0.3, -0.25) is 4.79 Å². The molecular weight excluding hydrogens is 140 g/mol. The van der Waals surface area contributed by atoms with Gasteiger partial charge in [0.2, 0.25) is 0 Å². The molecule has 64 valence electrons. The van der Waals surface area contributed by atoms with E-state index in [9.17, 15) is 4.79 Å². The molecule has 0 saturated heterocycles. The molecule has 2 heteroatoms. The van der Waals surface area contributed by atoms with Gasteiger partial charge in [-0.2, -0.15) is 0 Å². The molecule has 1 rings (SSSR count). The minimum atomic E-state index is -0.625. The van der Waals surface area contributed by atoms with Crippen LogP contribution in [0.2, 0.25) is 0 Å². The van der Waals surface area contributed by atoms with Gasteiger partial charge in [0.15, 0.2) is 0 Å². The summed E-state index contributed by atoms with van der Waals surface area (Å²) in [4.78, 5) is 10.8. The summed E-state index contributed by atoms with van der Waals surface area (Å²) in [5, 5.41) is 8.92. The normalized spacial score (nSPS) is 21.4. The van der Waals surface area contributed by atoms with Gasteiger partial charge in [-0.1, -0.05) is 20.8 Å². The molecule has 1 N–H and O–H groups in total. The number of carboxylic acid groups (broad SMARTS) is 1. The van der Waals surface area contributed by atoms with Crippen LogP contribution in [-0.4, -0.2) is 11.1 Å². The van der Waals surface area contributed by atoms with Crippen molar-refractivity contribution in [3.63, 3.8) is 0 Å². The fourth-order valence-corrected chi connectivity index (χ4v) is 1.71. The predicted octanol–water partition coefficient (Wildman–Crippen LogP) is 2.14. The largest absolute Gasteiger partial charge is 0.481 e. The number of carbonyl (C=O) groups is 1. The van der Waals surface area contributed by atoms with Gasteiger partial charge in [-0.05, 0) is 24.2 Å². The highest BCUT2D eigenvalue weighted by Gasteiger charge is 2.43. The van der Waals surface area contributed by atoms with Crippen molar-refractivity contribution in [2.75, 3.05) is 0 Å². The first-order chi connectivity index (χ1) is 4.93. The Morgan fingerprint density at radius 3 is 2.00 bits per heavy atom. The van der Waals surface area contributed by atoms with Crippen LogP contribution >= 0.6 is 0 Å². The van der Waals surface area contributed by atoms with Gasteiger partial charge in [-0.15, -0.1) is 0 Å². The fourth-order valence-electron chi connectivity index (χ4n) is 1.71. The van der Waals surface area contributed by atoms with E-state index in [1.54, 1.807) is 0 Å². The highest BCUT2D eigenvalue weighted by atomic mass is 16.4. The van der Waals surface area contributed by atoms with E-state index >= 15 is 0 Å². The maximum Gasteiger partial charge on any atom is 0.307 e. The third kappa shape index (κ3) is 1.95. The summed E-state index contributed by atoms with van der Waals surface area (Å²) in [6, 6.07) is 0. The van der Waals surface area contributed by atoms with Crippen LogP contribution in [0.4, 0.5) is 0 Å². The summed E-state index contributed by atoms with van der Waals surface area (Å²) in [5.41, 5.74) is -0.0764. The second-order valence-electron chi connectivity index (χ2n) is 4.52. The average Bonchev–Trinajstić information content (AvgIpc) is 2.42. The second-order valence-corrected chi connectivity index (χ2v) is 4.52. The Hall–Kier alpha value is -0.530. The van der Waals surface area contributed by atoms with Crippen LogP contribution < -0.4 is 0 Å². The van der Waals surface area contributed by atoms with Crippen molar-refractivity contribution >= 4 is 5.97 Å². The van der Waals surface area contributed by atoms with Crippen LogP contribution in [0.1, 0.15) is 33.6 Å². The predicted molar refractivity (Wildman–Crippen MR) is 43.3 cm³/mol. The topological polar surface area (TPSA) is 37.3 Å². The van der Waals surface area contributed by atoms with Crippen LogP contribution in [0.25, 0.3) is 0 Å². The van der Waals surface area contributed by atoms with Crippen LogP contribution in [0.5, 0.6) is 0 Å². The van der Waals surface area contributed by atoms with Gasteiger partial charge < -0.3 is 5.11 Å². The standard InChI is InChI=1S/C9H16O2/c1-9(2,3)7(8(10)11)6-4-5-6/h6-7H,4-5H2,1-3H3,(H,10,11). The molecule has 2 nitrogen and oxygen atoms in total. The molecule has 0 aliphatic heterocycles. The van der Waals surface area contributed by atoms with Crippen molar-refractivity contribution in [2.24, 2.45) is 17.3 Å². The second kappa shape index (κ2) is 2.50. The van der Waals surface area contributed by atoms with Gasteiger partial charge in [0.05, 0.1) is 5.92 Å². The summed E-state index contributed by atoms with van der Waals surface area (Å²) in [6.07, 6.45) is 2.21. The average molecular weight is 156 g/mol. The van der Waals surface area contributed by atoms with E-state index in [0.29, 0.717) is 5.92 Å². The molecule has 0 spiro atoms. The van der Waals surface area contributed by atoms with E-state index < -0.39 is 5.97 Å². The lowest BCUT2D eigenvalue weighted by Gasteiger charge is -2.26. The Morgan fingerprint density at radius 1 is 1.45 bits per heavy atom. The first kappa shape index (κ1) is 8.57. The van der Waals surface area contributed by atoms with Gasteiger partial charge >= 0.3 is 5.97 Å². The lowest BCUT2D eigenvalue weighted by atomic mass is 9.78. The number of rotatable bonds is 2. The minimum Gasteiger partial charge on any atom is -0.481 e. The van der Waals surface area contributed by atoms with Gasteiger partial charge in [0, 0.05) is 0 Å². The van der Waals surface area contributed by atoms with E-state index in [-0.39, 0.29) is 11.3 Å². The van der Waals surface area contributed by atoms with Crippen LogP contribution in [-0.2, 0) is 4.79 Å². The molecule has 1 unspecified atom stereocenters. The van der Waals surface area contributed by atoms with Crippen LogP contribution in [0.3, 0.4) is 0 Å². The Balaban J connectivity index is 2.66. The lowest BCUT2D eigenvalue weighted by Crippen LogP contribution is -2.30. The van der Waals surface area contributed by atoms with Crippen molar-refractivity contribution < 1.29 is 9.90 Å². The highest BCUT2D eigenvalue weighted by molar-refractivity contribution is 5.71. The van der Waals surface area contributed by atoms with Gasteiger partial charge in [0.1, 0.15) is 0 Å². The molecule has 1 atom stereocenters. The van der Waals surface area contributed by atoms with Crippen molar-refractivity contribution in [1.29, 1.82) is 0 Å². The molecule has 1 aliphatic carbocycles. The monoisotopic (exact) mass is 156 g/mol. The molecule has 0 aromatic heterocycles. The summed E-state index contributed by atoms with van der Waals surface area (Å²) >= 11 is 0. The summed E-state index contributed by atoms with van der Waals surface area (Å²) in [5.74, 6) is -0.310. The number of carboxylic acids is 1. The maximum atomic E-state index is 10.8. The molecular formula is C9H16O2. The molecule has 0 radical (unpaired) electrons. The Kier molecular flexibility index (Phi) is 1.95. The number of hydrogen-bond acceptors (Lipinski definition) is 1. The molecule has 0 aromatic rings. The third-order valence-electron chi connectivity index (χ3n) is 2.29. The molecule has 11 heavy (non-hydrogen) atoms. The van der Waals surface area contributed by atoms with E-state index in [4.69, 9.17) is 5.11 Å². The van der Waals surface area contributed by atoms with Gasteiger partial charge in [0.25, 0.3) is 0 Å². The number of hydrogen-bond donors (Lipinski definition) is 1. The molecule has 1 fully saturated rings. The molecule has 0 bridgehead atoms. The summed E-state index contributed by atoms with van der Waals surface area (Å²) in [6.45, 7) is 6.01. The summed E-state index contributed by atoms with van der Waals surface area (Å²) < 4.78 is 0. The van der Waals surface area contributed by atoms with E-state index in [2.05, 4.69) is 0 Å². The highest BCUT2D eigenvalue weighted by Crippen LogP contribution is 2.45. The zero-order valence-electron chi connectivity index (χ0n) is 7.42. The van der Waals surface area contributed by atoms with Crippen LogP contribution in [0.15, 0.2) is 0 Å². The molecule has 0 amide bonds. The molecule has 1 aliphatic rings. The molecule has 0 heterocycles. The van der Waals surface area contributed by atoms with Crippen LogP contribution in [0, 0.1) is 17.3 Å². The molecule has 1 saturated carbocycles. The molecule has 0 aromatic carbocycles. The minimum absolute atomic E-state index is 0.0764. The van der Waals surface area contributed by atoms with Crippen molar-refractivity contribution in [2.45, 2.75) is 33.6 Å². The Bertz CT molecular complexity index is 163. The van der Waals surface area contributed by atoms with Gasteiger partial charge in [-0.25, -0.2) is 0 Å². The smallest absolute Gasteiger partial charge is 0.307 e.